The second kappa shape index (κ2) is 7.30. The van der Waals surface area contributed by atoms with Crippen molar-refractivity contribution in [3.8, 4) is 5.88 Å². The van der Waals surface area contributed by atoms with Crippen molar-refractivity contribution in [2.45, 2.75) is 38.8 Å². The Bertz CT molecular complexity index is 690. The summed E-state index contributed by atoms with van der Waals surface area (Å²) in [7, 11) is 1.19. The molecule has 0 radical (unpaired) electrons. The van der Waals surface area contributed by atoms with Gasteiger partial charge in [0.2, 0.25) is 11.8 Å². The molecule has 1 aromatic heterocycles. The minimum Gasteiger partial charge on any atom is -0.481 e. The number of ether oxygens (including phenoxy) is 1. The average molecular weight is 386 g/mol. The van der Waals surface area contributed by atoms with Crippen LogP contribution >= 0.6 is 0 Å². The van der Waals surface area contributed by atoms with E-state index in [0.29, 0.717) is 37.5 Å². The van der Waals surface area contributed by atoms with Gasteiger partial charge in [0.05, 0.1) is 19.6 Å². The maximum Gasteiger partial charge on any atom is 0.421 e. The van der Waals surface area contributed by atoms with E-state index < -0.39 is 11.7 Å². The summed E-state index contributed by atoms with van der Waals surface area (Å²) in [6, 6.07) is 2.44. The molecule has 5 nitrogen and oxygen atoms in total. The third-order valence-corrected chi connectivity index (χ3v) is 5.78. The van der Waals surface area contributed by atoms with Crippen LogP contribution in [-0.4, -0.2) is 47.7 Å². The molecule has 0 unspecified atom stereocenters. The summed E-state index contributed by atoms with van der Waals surface area (Å²) in [5, 5.41) is 9.25. The lowest BCUT2D eigenvalue weighted by atomic mass is 9.56. The standard InChI is InChI=1S/C19H25F3N2O3/c1-3-13(9-25)17(26)24-10-18(11-24)7-12(8-18)6-14-4-5-15(19(20,21)22)16(23-14)27-2/h4-5,12-13,25H,3,6-11H2,1-2H3/t13-/m1/s1. The van der Waals surface area contributed by atoms with Gasteiger partial charge >= 0.3 is 6.18 Å². The summed E-state index contributed by atoms with van der Waals surface area (Å²) in [4.78, 5) is 18.1. The molecule has 3 rings (SSSR count). The van der Waals surface area contributed by atoms with E-state index >= 15 is 0 Å². The van der Waals surface area contributed by atoms with Crippen LogP contribution in [0.2, 0.25) is 0 Å². The molecule has 1 aromatic rings. The van der Waals surface area contributed by atoms with Gasteiger partial charge in [-0.25, -0.2) is 4.98 Å². The Hall–Kier alpha value is -1.83. The van der Waals surface area contributed by atoms with Gasteiger partial charge in [-0.2, -0.15) is 13.2 Å². The van der Waals surface area contributed by atoms with Crippen LogP contribution in [0.5, 0.6) is 5.88 Å². The number of aliphatic hydroxyl groups is 1. The highest BCUT2D eigenvalue weighted by atomic mass is 19.4. The Balaban J connectivity index is 1.53. The fourth-order valence-corrected chi connectivity index (χ4v) is 4.39. The molecule has 1 amide bonds. The van der Waals surface area contributed by atoms with E-state index in [1.54, 1.807) is 4.90 Å². The van der Waals surface area contributed by atoms with E-state index in [9.17, 15) is 23.1 Å². The molecule has 1 saturated heterocycles. The predicted octanol–water partition coefficient (Wildman–Crippen LogP) is 2.91. The summed E-state index contributed by atoms with van der Waals surface area (Å²) >= 11 is 0. The first kappa shape index (κ1) is 19.9. The number of methoxy groups -OCH3 is 1. The topological polar surface area (TPSA) is 62.7 Å². The van der Waals surface area contributed by atoms with Crippen molar-refractivity contribution >= 4 is 5.91 Å². The lowest BCUT2D eigenvalue weighted by Gasteiger charge is -2.59. The number of pyridine rings is 1. The van der Waals surface area contributed by atoms with Gasteiger partial charge in [-0.15, -0.1) is 0 Å². The molecule has 2 aliphatic rings. The number of carbonyl (C=O) groups is 1. The molecule has 2 heterocycles. The molecule has 1 N–H and O–H groups in total. The lowest BCUT2D eigenvalue weighted by molar-refractivity contribution is -0.160. The van der Waals surface area contributed by atoms with Crippen LogP contribution in [0.25, 0.3) is 0 Å². The van der Waals surface area contributed by atoms with E-state index in [-0.39, 0.29) is 29.7 Å². The Morgan fingerprint density at radius 2 is 2.07 bits per heavy atom. The fraction of sp³-hybridized carbons (Fsp3) is 0.684. The van der Waals surface area contributed by atoms with Crippen molar-refractivity contribution in [2.75, 3.05) is 26.8 Å². The number of hydrogen-bond acceptors (Lipinski definition) is 4. The van der Waals surface area contributed by atoms with Crippen molar-refractivity contribution < 1.29 is 27.8 Å². The molecule has 1 spiro atoms. The smallest absolute Gasteiger partial charge is 0.421 e. The molecule has 2 fully saturated rings. The summed E-state index contributed by atoms with van der Waals surface area (Å²) in [5.74, 6) is -0.328. The first-order chi connectivity index (χ1) is 12.7. The number of aromatic nitrogens is 1. The summed E-state index contributed by atoms with van der Waals surface area (Å²) < 4.78 is 43.5. The third kappa shape index (κ3) is 3.90. The van der Waals surface area contributed by atoms with Crippen LogP contribution in [0, 0.1) is 17.3 Å². The van der Waals surface area contributed by atoms with Gasteiger partial charge < -0.3 is 14.7 Å². The van der Waals surface area contributed by atoms with E-state index in [1.807, 2.05) is 6.92 Å². The Kier molecular flexibility index (Phi) is 5.38. The quantitative estimate of drug-likeness (QED) is 0.817. The average Bonchev–Trinajstić information content (AvgIpc) is 2.55. The molecule has 1 saturated carbocycles. The van der Waals surface area contributed by atoms with Crippen LogP contribution in [-0.2, 0) is 17.4 Å². The van der Waals surface area contributed by atoms with Crippen molar-refractivity contribution in [1.82, 2.24) is 9.88 Å². The maximum atomic E-state index is 12.9. The number of aliphatic hydroxyl groups excluding tert-OH is 1. The Morgan fingerprint density at radius 3 is 2.59 bits per heavy atom. The molecule has 0 aromatic carbocycles. The monoisotopic (exact) mass is 386 g/mol. The van der Waals surface area contributed by atoms with Crippen LogP contribution in [0.3, 0.4) is 0 Å². The van der Waals surface area contributed by atoms with Gasteiger partial charge in [0.15, 0.2) is 0 Å². The predicted molar refractivity (Wildman–Crippen MR) is 92.1 cm³/mol. The highest BCUT2D eigenvalue weighted by Crippen LogP contribution is 2.53. The number of likely N-dealkylation sites (tertiary alicyclic amines) is 1. The van der Waals surface area contributed by atoms with E-state index in [1.165, 1.54) is 13.2 Å². The number of halogens is 3. The number of carbonyl (C=O) groups excluding carboxylic acids is 1. The molecule has 0 bridgehead atoms. The Labute approximate surface area is 156 Å². The number of amides is 1. The molecule has 27 heavy (non-hydrogen) atoms. The normalized spacial score (nSPS) is 20.1. The lowest BCUT2D eigenvalue weighted by Crippen LogP contribution is -2.65. The van der Waals surface area contributed by atoms with Gasteiger partial charge in [-0.1, -0.05) is 6.92 Å². The highest BCUT2D eigenvalue weighted by molar-refractivity contribution is 5.80. The Morgan fingerprint density at radius 1 is 1.41 bits per heavy atom. The SMILES string of the molecule is CC[C@H](CO)C(=O)N1CC2(CC(Cc3ccc(C(F)(F)F)c(OC)n3)C2)C1. The zero-order valence-electron chi connectivity index (χ0n) is 15.6. The molecule has 150 valence electrons. The minimum absolute atomic E-state index is 0.0169. The zero-order chi connectivity index (χ0) is 19.8. The van der Waals surface area contributed by atoms with Crippen molar-refractivity contribution in [3.05, 3.63) is 23.4 Å². The molecular weight excluding hydrogens is 361 g/mol. The largest absolute Gasteiger partial charge is 0.481 e. The molecule has 8 heteroatoms. The van der Waals surface area contributed by atoms with Gasteiger partial charge in [-0.3, -0.25) is 4.79 Å². The van der Waals surface area contributed by atoms with Crippen molar-refractivity contribution in [1.29, 1.82) is 0 Å². The van der Waals surface area contributed by atoms with Gasteiger partial charge in [-0.05, 0) is 43.7 Å². The molecule has 1 atom stereocenters. The number of nitrogens with zero attached hydrogens (tertiary/aromatic N) is 2. The number of rotatable bonds is 6. The van der Waals surface area contributed by atoms with Crippen LogP contribution < -0.4 is 4.74 Å². The van der Waals surface area contributed by atoms with Crippen LogP contribution in [0.1, 0.15) is 37.4 Å². The van der Waals surface area contributed by atoms with Gasteiger partial charge in [0.25, 0.3) is 0 Å². The van der Waals surface area contributed by atoms with Gasteiger partial charge in [0.1, 0.15) is 5.56 Å². The van der Waals surface area contributed by atoms with Crippen LogP contribution in [0.4, 0.5) is 13.2 Å². The second-order valence-corrected chi connectivity index (χ2v) is 7.82. The summed E-state index contributed by atoms with van der Waals surface area (Å²) in [6.45, 7) is 3.19. The van der Waals surface area contributed by atoms with Crippen molar-refractivity contribution in [3.63, 3.8) is 0 Å². The maximum absolute atomic E-state index is 12.9. The third-order valence-electron chi connectivity index (χ3n) is 5.78. The summed E-state index contributed by atoms with van der Waals surface area (Å²) in [6.07, 6.45) is -1.36. The van der Waals surface area contributed by atoms with E-state index in [2.05, 4.69) is 4.98 Å². The van der Waals surface area contributed by atoms with Crippen molar-refractivity contribution in [2.24, 2.45) is 17.3 Å². The number of alkyl halides is 3. The summed E-state index contributed by atoms with van der Waals surface area (Å²) in [5.41, 5.74) is -0.121. The molecular formula is C19H25F3N2O3. The van der Waals surface area contributed by atoms with E-state index in [0.717, 1.165) is 18.9 Å². The number of hydrogen-bond donors (Lipinski definition) is 1. The highest BCUT2D eigenvalue weighted by Gasteiger charge is 2.53. The first-order valence-electron chi connectivity index (χ1n) is 9.22. The van der Waals surface area contributed by atoms with Gasteiger partial charge in [0, 0.05) is 24.2 Å². The zero-order valence-corrected chi connectivity index (χ0v) is 15.6. The molecule has 1 aliphatic heterocycles. The second-order valence-electron chi connectivity index (χ2n) is 7.82. The minimum atomic E-state index is -4.48. The molecule has 1 aliphatic carbocycles. The fourth-order valence-electron chi connectivity index (χ4n) is 4.39. The van der Waals surface area contributed by atoms with E-state index in [4.69, 9.17) is 4.74 Å². The first-order valence-corrected chi connectivity index (χ1v) is 9.22. The van der Waals surface area contributed by atoms with Crippen LogP contribution in [0.15, 0.2) is 12.1 Å².